The number of ether oxygens (including phenoxy) is 2. The van der Waals surface area contributed by atoms with Crippen LogP contribution in [0, 0.1) is 12.3 Å². The lowest BCUT2D eigenvalue weighted by Gasteiger charge is -2.09. The van der Waals surface area contributed by atoms with Crippen LogP contribution in [0.25, 0.3) is 10.2 Å². The predicted octanol–water partition coefficient (Wildman–Crippen LogP) is 3.86. The first-order valence-corrected chi connectivity index (χ1v) is 9.22. The second kappa shape index (κ2) is 7.77. The monoisotopic (exact) mass is 430 g/mol. The Morgan fingerprint density at radius 1 is 1.27 bits per heavy atom. The van der Waals surface area contributed by atoms with E-state index < -0.39 is 5.91 Å². The van der Waals surface area contributed by atoms with E-state index in [4.69, 9.17) is 15.9 Å². The molecule has 0 spiro atoms. The first-order chi connectivity index (χ1) is 12.6. The second-order valence-electron chi connectivity index (χ2n) is 5.24. The van der Waals surface area contributed by atoms with Crippen molar-refractivity contribution in [2.75, 3.05) is 14.2 Å². The van der Waals surface area contributed by atoms with Gasteiger partial charge in [-0.25, -0.2) is 0 Å². The number of hydrogen-bond donors (Lipinski definition) is 0. The molecule has 0 aliphatic rings. The molecule has 3 rings (SSSR count). The van der Waals surface area contributed by atoms with E-state index >= 15 is 0 Å². The first-order valence-electron chi connectivity index (χ1n) is 7.61. The number of terminal acetylenes is 1. The molecule has 26 heavy (non-hydrogen) atoms. The largest absolute Gasteiger partial charge is 0.496 e. The summed E-state index contributed by atoms with van der Waals surface area (Å²) < 4.78 is 14.4. The highest BCUT2D eigenvalue weighted by atomic mass is 79.9. The second-order valence-corrected chi connectivity index (χ2v) is 7.17. The smallest absolute Gasteiger partial charge is 0.287 e. The highest BCUT2D eigenvalue weighted by molar-refractivity contribution is 9.10. The predicted molar refractivity (Wildman–Crippen MR) is 106 cm³/mol. The van der Waals surface area contributed by atoms with E-state index in [1.54, 1.807) is 18.2 Å². The first kappa shape index (κ1) is 18.2. The molecule has 0 aliphatic heterocycles. The highest BCUT2D eigenvalue weighted by Gasteiger charge is 2.18. The molecule has 1 aromatic heterocycles. The quantitative estimate of drug-likeness (QED) is 0.590. The van der Waals surface area contributed by atoms with E-state index in [0.717, 1.165) is 14.7 Å². The Bertz CT molecular complexity index is 1070. The molecular formula is C19H15BrN2O3S. The fourth-order valence-electron chi connectivity index (χ4n) is 2.58. The van der Waals surface area contributed by atoms with Gasteiger partial charge in [-0.05, 0) is 30.3 Å². The zero-order chi connectivity index (χ0) is 18.7. The van der Waals surface area contributed by atoms with Crippen LogP contribution in [0.5, 0.6) is 11.5 Å². The Kier molecular flexibility index (Phi) is 5.45. The molecule has 3 aromatic rings. The molecule has 7 heteroatoms. The van der Waals surface area contributed by atoms with Crippen LogP contribution in [-0.4, -0.2) is 24.7 Å². The molecule has 0 unspecified atom stereocenters. The van der Waals surface area contributed by atoms with E-state index in [0.29, 0.717) is 22.8 Å². The van der Waals surface area contributed by atoms with Gasteiger partial charge in [0.05, 0.1) is 31.0 Å². The van der Waals surface area contributed by atoms with Gasteiger partial charge in [0, 0.05) is 4.47 Å². The molecule has 1 heterocycles. The maximum atomic E-state index is 12.9. The van der Waals surface area contributed by atoms with E-state index in [9.17, 15) is 4.79 Å². The fourth-order valence-corrected chi connectivity index (χ4v) is 4.16. The van der Waals surface area contributed by atoms with Gasteiger partial charge in [0.25, 0.3) is 5.91 Å². The highest BCUT2D eigenvalue weighted by Crippen LogP contribution is 2.29. The van der Waals surface area contributed by atoms with Gasteiger partial charge in [-0.15, -0.1) is 6.42 Å². The van der Waals surface area contributed by atoms with Crippen molar-refractivity contribution in [2.24, 2.45) is 4.99 Å². The van der Waals surface area contributed by atoms with Crippen LogP contribution in [0.3, 0.4) is 0 Å². The van der Waals surface area contributed by atoms with Gasteiger partial charge in [0.2, 0.25) is 0 Å². The van der Waals surface area contributed by atoms with Crippen LogP contribution >= 0.6 is 27.3 Å². The van der Waals surface area contributed by atoms with Gasteiger partial charge < -0.3 is 14.0 Å². The number of aromatic nitrogens is 1. The minimum absolute atomic E-state index is 0.281. The Morgan fingerprint density at radius 3 is 2.58 bits per heavy atom. The number of hydrogen-bond acceptors (Lipinski definition) is 4. The number of methoxy groups -OCH3 is 2. The summed E-state index contributed by atoms with van der Waals surface area (Å²) in [6.07, 6.45) is 5.50. The number of benzene rings is 2. The third kappa shape index (κ3) is 3.39. The average Bonchev–Trinajstić information content (AvgIpc) is 2.97. The lowest BCUT2D eigenvalue weighted by molar-refractivity contribution is 0.0992. The average molecular weight is 431 g/mol. The van der Waals surface area contributed by atoms with Crippen molar-refractivity contribution in [1.29, 1.82) is 0 Å². The van der Waals surface area contributed by atoms with E-state index in [1.807, 2.05) is 22.8 Å². The maximum Gasteiger partial charge on any atom is 0.287 e. The minimum Gasteiger partial charge on any atom is -0.496 e. The number of thiazole rings is 1. The van der Waals surface area contributed by atoms with Crippen LogP contribution in [0.4, 0.5) is 0 Å². The Labute approximate surface area is 163 Å². The number of fused-ring (bicyclic) bond motifs is 1. The van der Waals surface area contributed by atoms with E-state index in [1.165, 1.54) is 25.6 Å². The van der Waals surface area contributed by atoms with Crippen molar-refractivity contribution < 1.29 is 14.3 Å². The number of halogens is 1. The van der Waals surface area contributed by atoms with Gasteiger partial charge in [0.1, 0.15) is 17.1 Å². The molecule has 0 atom stereocenters. The molecule has 0 bridgehead atoms. The molecular weight excluding hydrogens is 416 g/mol. The summed E-state index contributed by atoms with van der Waals surface area (Å²) in [5.74, 6) is 2.98. The SMILES string of the molecule is C#CCn1c(=NC(=O)c2c(OC)cccc2OC)sc2cc(Br)ccc21. The lowest BCUT2D eigenvalue weighted by Crippen LogP contribution is -2.17. The van der Waals surface area contributed by atoms with Crippen molar-refractivity contribution in [2.45, 2.75) is 6.54 Å². The Morgan fingerprint density at radius 2 is 1.96 bits per heavy atom. The van der Waals surface area contributed by atoms with Crippen LogP contribution in [0.2, 0.25) is 0 Å². The number of nitrogens with zero attached hydrogens (tertiary/aromatic N) is 2. The topological polar surface area (TPSA) is 52.8 Å². The Balaban J connectivity index is 2.21. The summed E-state index contributed by atoms with van der Waals surface area (Å²) in [6.45, 7) is 0.316. The van der Waals surface area contributed by atoms with Crippen molar-refractivity contribution in [3.05, 3.63) is 51.2 Å². The molecule has 0 saturated heterocycles. The van der Waals surface area contributed by atoms with Crippen LogP contribution in [-0.2, 0) is 6.54 Å². The molecule has 0 saturated carbocycles. The zero-order valence-corrected chi connectivity index (χ0v) is 16.6. The lowest BCUT2D eigenvalue weighted by atomic mass is 10.1. The molecule has 1 amide bonds. The summed E-state index contributed by atoms with van der Waals surface area (Å²) >= 11 is 4.85. The van der Waals surface area contributed by atoms with Crippen molar-refractivity contribution in [1.82, 2.24) is 4.57 Å². The summed E-state index contributed by atoms with van der Waals surface area (Å²) in [5.41, 5.74) is 1.21. The molecule has 0 radical (unpaired) electrons. The molecule has 0 fully saturated rings. The third-order valence-corrected chi connectivity index (χ3v) is 5.27. The number of carbonyl (C=O) groups is 1. The summed E-state index contributed by atoms with van der Waals surface area (Å²) in [5, 5.41) is 0. The molecule has 5 nitrogen and oxygen atoms in total. The molecule has 0 N–H and O–H groups in total. The molecule has 132 valence electrons. The number of rotatable bonds is 4. The molecule has 2 aromatic carbocycles. The minimum atomic E-state index is -0.448. The van der Waals surface area contributed by atoms with E-state index in [-0.39, 0.29) is 5.56 Å². The fraction of sp³-hybridized carbons (Fsp3) is 0.158. The van der Waals surface area contributed by atoms with Crippen LogP contribution < -0.4 is 14.3 Å². The van der Waals surface area contributed by atoms with Crippen molar-refractivity contribution >= 4 is 43.4 Å². The summed E-state index contributed by atoms with van der Waals surface area (Å²) in [4.78, 5) is 17.7. The van der Waals surface area contributed by atoms with Crippen LogP contribution in [0.15, 0.2) is 45.9 Å². The number of amides is 1. The normalized spacial score (nSPS) is 11.4. The summed E-state index contributed by atoms with van der Waals surface area (Å²) in [7, 11) is 3.00. The van der Waals surface area contributed by atoms with Crippen LogP contribution in [0.1, 0.15) is 10.4 Å². The maximum absolute atomic E-state index is 12.9. The number of carbonyl (C=O) groups excluding carboxylic acids is 1. The van der Waals surface area contributed by atoms with Gasteiger partial charge in [-0.2, -0.15) is 4.99 Å². The Hall–Kier alpha value is -2.56. The van der Waals surface area contributed by atoms with Gasteiger partial charge >= 0.3 is 0 Å². The van der Waals surface area contributed by atoms with Crippen molar-refractivity contribution in [3.63, 3.8) is 0 Å². The van der Waals surface area contributed by atoms with Crippen molar-refractivity contribution in [3.8, 4) is 23.8 Å². The molecule has 0 aliphatic carbocycles. The zero-order valence-electron chi connectivity index (χ0n) is 14.2. The van der Waals surface area contributed by atoms with E-state index in [2.05, 4.69) is 26.8 Å². The van der Waals surface area contributed by atoms with Gasteiger partial charge in [-0.3, -0.25) is 4.79 Å². The van der Waals surface area contributed by atoms with Gasteiger partial charge in [-0.1, -0.05) is 39.3 Å². The standard InChI is InChI=1S/C19H15BrN2O3S/c1-4-10-22-13-9-8-12(20)11-16(13)26-19(22)21-18(23)17-14(24-2)6-5-7-15(17)25-3/h1,5-9,11H,10H2,2-3H3. The third-order valence-electron chi connectivity index (χ3n) is 3.73. The van der Waals surface area contributed by atoms with Gasteiger partial charge in [0.15, 0.2) is 4.80 Å². The summed E-state index contributed by atoms with van der Waals surface area (Å²) in [6, 6.07) is 11.0.